The first kappa shape index (κ1) is 15.1. The topological polar surface area (TPSA) is 76.1 Å². The van der Waals surface area contributed by atoms with Gasteiger partial charge in [0.15, 0.2) is 0 Å². The first-order chi connectivity index (χ1) is 9.95. The smallest absolute Gasteiger partial charge is 0.332 e. The van der Waals surface area contributed by atoms with Crippen molar-refractivity contribution in [3.8, 4) is 0 Å². The molecule has 1 aromatic heterocycles. The largest absolute Gasteiger partial charge is 0.350 e. The van der Waals surface area contributed by atoms with E-state index in [-0.39, 0.29) is 12.3 Å². The van der Waals surface area contributed by atoms with Crippen LogP contribution in [0, 0.1) is 0 Å². The normalized spacial score (nSPS) is 11.1. The maximum atomic E-state index is 12.7. The zero-order chi connectivity index (χ0) is 15.3. The van der Waals surface area contributed by atoms with E-state index in [1.807, 2.05) is 6.07 Å². The van der Waals surface area contributed by atoms with E-state index in [1.54, 1.807) is 18.3 Å². The Morgan fingerprint density at radius 1 is 1.14 bits per heavy atom. The lowest BCUT2D eigenvalue weighted by molar-refractivity contribution is -0.120. The van der Waals surface area contributed by atoms with Gasteiger partial charge in [-0.3, -0.25) is 9.78 Å². The first-order valence-electron chi connectivity index (χ1n) is 6.15. The number of carbonyl (C=O) groups excluding carboxylic acids is 1. The van der Waals surface area contributed by atoms with E-state index < -0.39 is 15.1 Å². The number of benzene rings is 1. The van der Waals surface area contributed by atoms with Crippen LogP contribution in [0.15, 0.2) is 53.6 Å². The Labute approximate surface area is 122 Å². The quantitative estimate of drug-likeness (QED) is 0.851. The van der Waals surface area contributed by atoms with Crippen molar-refractivity contribution in [2.75, 3.05) is 0 Å². The van der Waals surface area contributed by atoms with E-state index in [1.165, 1.54) is 12.1 Å². The van der Waals surface area contributed by atoms with Gasteiger partial charge in [-0.15, -0.1) is 3.89 Å². The third-order valence-electron chi connectivity index (χ3n) is 2.76. The van der Waals surface area contributed by atoms with Crippen LogP contribution in [0.3, 0.4) is 0 Å². The van der Waals surface area contributed by atoms with Crippen LogP contribution in [0.4, 0.5) is 3.89 Å². The summed E-state index contributed by atoms with van der Waals surface area (Å²) in [5, 5.41) is 2.70. The van der Waals surface area contributed by atoms with Gasteiger partial charge in [-0.05, 0) is 29.8 Å². The molecule has 21 heavy (non-hydrogen) atoms. The van der Waals surface area contributed by atoms with Gasteiger partial charge in [0.25, 0.3) is 0 Å². The number of hydrogen-bond acceptors (Lipinski definition) is 4. The van der Waals surface area contributed by atoms with Crippen molar-refractivity contribution in [3.05, 3.63) is 59.9 Å². The van der Waals surface area contributed by atoms with Crippen LogP contribution in [-0.2, 0) is 28.0 Å². The molecule has 0 atom stereocenters. The predicted octanol–water partition coefficient (Wildman–Crippen LogP) is 1.60. The van der Waals surface area contributed by atoms with Crippen molar-refractivity contribution in [1.29, 1.82) is 0 Å². The fourth-order valence-corrected chi connectivity index (χ4v) is 2.17. The van der Waals surface area contributed by atoms with Gasteiger partial charge < -0.3 is 5.32 Å². The van der Waals surface area contributed by atoms with E-state index in [9.17, 15) is 17.1 Å². The first-order valence-corrected chi connectivity index (χ1v) is 7.54. The summed E-state index contributed by atoms with van der Waals surface area (Å²) in [5.74, 6) is -0.225. The summed E-state index contributed by atoms with van der Waals surface area (Å²) < 4.78 is 34.1. The molecule has 0 saturated carbocycles. The Morgan fingerprint density at radius 3 is 2.43 bits per heavy atom. The highest BCUT2D eigenvalue weighted by molar-refractivity contribution is 7.86. The number of pyridine rings is 1. The average Bonchev–Trinajstić information content (AvgIpc) is 2.46. The fourth-order valence-electron chi connectivity index (χ4n) is 1.71. The highest BCUT2D eigenvalue weighted by Crippen LogP contribution is 2.13. The number of carbonyl (C=O) groups is 1. The van der Waals surface area contributed by atoms with E-state index in [0.717, 1.165) is 17.8 Å². The van der Waals surface area contributed by atoms with Crippen LogP contribution in [0.2, 0.25) is 0 Å². The van der Waals surface area contributed by atoms with Gasteiger partial charge in [0.1, 0.15) is 0 Å². The minimum atomic E-state index is -4.70. The Morgan fingerprint density at radius 2 is 1.86 bits per heavy atom. The van der Waals surface area contributed by atoms with Crippen LogP contribution >= 0.6 is 0 Å². The number of hydrogen-bond donors (Lipinski definition) is 1. The second-order valence-corrected chi connectivity index (χ2v) is 5.70. The molecule has 0 fully saturated rings. The molecule has 0 bridgehead atoms. The Bertz CT molecular complexity index is 716. The van der Waals surface area contributed by atoms with Crippen molar-refractivity contribution >= 4 is 16.1 Å². The van der Waals surface area contributed by atoms with Gasteiger partial charge >= 0.3 is 10.2 Å². The zero-order valence-corrected chi connectivity index (χ0v) is 11.8. The average molecular weight is 308 g/mol. The summed E-state index contributed by atoms with van der Waals surface area (Å²) in [6.45, 7) is 0.316. The lowest BCUT2D eigenvalue weighted by atomic mass is 10.1. The van der Waals surface area contributed by atoms with Gasteiger partial charge in [0.2, 0.25) is 5.91 Å². The van der Waals surface area contributed by atoms with Crippen LogP contribution in [0.5, 0.6) is 0 Å². The molecule has 2 aromatic rings. The number of halogens is 1. The van der Waals surface area contributed by atoms with Gasteiger partial charge in [-0.1, -0.05) is 18.2 Å². The summed E-state index contributed by atoms with van der Waals surface area (Å²) in [6, 6.07) is 10.5. The van der Waals surface area contributed by atoms with Crippen LogP contribution in [0.1, 0.15) is 11.3 Å². The molecule has 0 aliphatic rings. The summed E-state index contributed by atoms with van der Waals surface area (Å²) >= 11 is 0. The van der Waals surface area contributed by atoms with Crippen molar-refractivity contribution in [2.45, 2.75) is 17.9 Å². The molecule has 0 aliphatic heterocycles. The van der Waals surface area contributed by atoms with Gasteiger partial charge in [0, 0.05) is 6.20 Å². The number of nitrogens with zero attached hydrogens (tertiary/aromatic N) is 1. The lowest BCUT2D eigenvalue weighted by Crippen LogP contribution is -2.24. The molecule has 110 valence electrons. The van der Waals surface area contributed by atoms with Crippen molar-refractivity contribution in [3.63, 3.8) is 0 Å². The Hall–Kier alpha value is -2.28. The molecule has 1 N–H and O–H groups in total. The molecule has 1 amide bonds. The van der Waals surface area contributed by atoms with Gasteiger partial charge in [0.05, 0.1) is 23.6 Å². The lowest BCUT2D eigenvalue weighted by Gasteiger charge is -2.05. The predicted molar refractivity (Wildman–Crippen MR) is 74.5 cm³/mol. The number of rotatable bonds is 5. The maximum Gasteiger partial charge on any atom is 0.332 e. The van der Waals surface area contributed by atoms with Crippen LogP contribution < -0.4 is 5.32 Å². The summed E-state index contributed by atoms with van der Waals surface area (Å²) in [5.41, 5.74) is 1.34. The molecule has 0 saturated heterocycles. The highest BCUT2D eigenvalue weighted by Gasteiger charge is 2.11. The minimum Gasteiger partial charge on any atom is -0.350 e. The summed E-state index contributed by atoms with van der Waals surface area (Å²) in [7, 11) is -4.70. The monoisotopic (exact) mass is 308 g/mol. The van der Waals surface area contributed by atoms with Gasteiger partial charge in [-0.25, -0.2) is 0 Å². The van der Waals surface area contributed by atoms with Crippen molar-refractivity contribution in [1.82, 2.24) is 10.3 Å². The van der Waals surface area contributed by atoms with E-state index >= 15 is 0 Å². The molecule has 0 spiro atoms. The van der Waals surface area contributed by atoms with Gasteiger partial charge in [-0.2, -0.15) is 8.42 Å². The second kappa shape index (κ2) is 6.45. The van der Waals surface area contributed by atoms with Crippen molar-refractivity contribution in [2.24, 2.45) is 0 Å². The third kappa shape index (κ3) is 4.64. The molecular weight excluding hydrogens is 295 g/mol. The van der Waals surface area contributed by atoms with Crippen LogP contribution in [0.25, 0.3) is 0 Å². The maximum absolute atomic E-state index is 12.7. The molecular formula is C14H13FN2O3S. The molecule has 0 radical (unpaired) electrons. The van der Waals surface area contributed by atoms with E-state index in [4.69, 9.17) is 0 Å². The molecule has 7 heteroatoms. The van der Waals surface area contributed by atoms with Crippen molar-refractivity contribution < 1.29 is 17.1 Å². The fraction of sp³-hybridized carbons (Fsp3) is 0.143. The SMILES string of the molecule is O=C(Cc1ccc(S(=O)(=O)F)cc1)NCc1ccccn1. The summed E-state index contributed by atoms with van der Waals surface area (Å²) in [4.78, 5) is 15.4. The van der Waals surface area contributed by atoms with Crippen LogP contribution in [-0.4, -0.2) is 19.3 Å². The highest BCUT2D eigenvalue weighted by atomic mass is 32.3. The second-order valence-electron chi connectivity index (χ2n) is 4.36. The number of nitrogens with one attached hydrogen (secondary N) is 1. The molecule has 1 aromatic carbocycles. The Balaban J connectivity index is 1.91. The molecule has 0 unspecified atom stereocenters. The number of aromatic nitrogens is 1. The standard InChI is InChI=1S/C14H13FN2O3S/c15-21(19,20)13-6-4-11(5-7-13)9-14(18)17-10-12-3-1-2-8-16-12/h1-8H,9-10H2,(H,17,18). The minimum absolute atomic E-state index is 0.0828. The molecule has 1 heterocycles. The Kier molecular flexibility index (Phi) is 4.64. The molecule has 2 rings (SSSR count). The molecule has 5 nitrogen and oxygen atoms in total. The molecule has 0 aliphatic carbocycles. The third-order valence-corrected chi connectivity index (χ3v) is 3.60. The zero-order valence-electron chi connectivity index (χ0n) is 11.0. The number of amides is 1. The van der Waals surface area contributed by atoms with E-state index in [0.29, 0.717) is 12.1 Å². The summed E-state index contributed by atoms with van der Waals surface area (Å²) in [6.07, 6.45) is 1.72. The van der Waals surface area contributed by atoms with E-state index in [2.05, 4.69) is 10.3 Å².